The molecule has 3 N–H and O–H groups in total. The summed E-state index contributed by atoms with van der Waals surface area (Å²) in [5.41, 5.74) is 7.71. The third kappa shape index (κ3) is 3.61. The molecule has 3 nitrogen and oxygen atoms in total. The molecule has 0 bridgehead atoms. The lowest BCUT2D eigenvalue weighted by molar-refractivity contribution is 0.186. The average molecular weight is 272 g/mol. The maximum atomic E-state index is 9.26. The summed E-state index contributed by atoms with van der Waals surface area (Å²) >= 11 is 6.14. The molecule has 0 saturated carbocycles. The molecule has 0 heterocycles. The highest BCUT2D eigenvalue weighted by Crippen LogP contribution is 2.29. The molecule has 0 amide bonds. The molecule has 0 aliphatic carbocycles. The summed E-state index contributed by atoms with van der Waals surface area (Å²) in [6.07, 6.45) is 0.797. The molecule has 0 aromatic heterocycles. The zero-order chi connectivity index (χ0) is 13.7. The van der Waals surface area contributed by atoms with Gasteiger partial charge in [-0.1, -0.05) is 18.5 Å². The lowest BCUT2D eigenvalue weighted by Crippen LogP contribution is -2.26. The third-order valence-electron chi connectivity index (χ3n) is 3.45. The maximum absolute atomic E-state index is 9.26. The molecule has 2 atom stereocenters. The number of hydrogen-bond donors (Lipinski definition) is 2. The van der Waals surface area contributed by atoms with Crippen LogP contribution in [0.25, 0.3) is 0 Å². The zero-order valence-electron chi connectivity index (χ0n) is 11.2. The SMILES string of the molecule is COc1cc(C)c(Cl)cc1CC(C)C(CN)CO. The molecule has 0 aliphatic heterocycles. The van der Waals surface area contributed by atoms with Crippen molar-refractivity contribution in [3.05, 3.63) is 28.3 Å². The van der Waals surface area contributed by atoms with E-state index in [4.69, 9.17) is 22.1 Å². The van der Waals surface area contributed by atoms with Gasteiger partial charge in [-0.2, -0.15) is 0 Å². The van der Waals surface area contributed by atoms with Crippen LogP contribution in [0, 0.1) is 18.8 Å². The van der Waals surface area contributed by atoms with Gasteiger partial charge in [0.15, 0.2) is 0 Å². The van der Waals surface area contributed by atoms with Gasteiger partial charge in [0.25, 0.3) is 0 Å². The Labute approximate surface area is 114 Å². The highest BCUT2D eigenvalue weighted by Gasteiger charge is 2.18. The zero-order valence-corrected chi connectivity index (χ0v) is 12.0. The number of aryl methyl sites for hydroxylation is 1. The first-order valence-electron chi connectivity index (χ1n) is 6.17. The normalized spacial score (nSPS) is 14.3. The van der Waals surface area contributed by atoms with Crippen molar-refractivity contribution in [2.24, 2.45) is 17.6 Å². The van der Waals surface area contributed by atoms with Crippen LogP contribution in [-0.4, -0.2) is 25.4 Å². The fourth-order valence-electron chi connectivity index (χ4n) is 2.05. The monoisotopic (exact) mass is 271 g/mol. The van der Waals surface area contributed by atoms with Gasteiger partial charge < -0.3 is 15.6 Å². The average Bonchev–Trinajstić information content (AvgIpc) is 2.35. The van der Waals surface area contributed by atoms with Crippen LogP contribution in [0.15, 0.2) is 12.1 Å². The van der Waals surface area contributed by atoms with E-state index in [2.05, 4.69) is 6.92 Å². The van der Waals surface area contributed by atoms with Gasteiger partial charge in [-0.05, 0) is 55.0 Å². The van der Waals surface area contributed by atoms with E-state index in [0.29, 0.717) is 6.54 Å². The standard InChI is InChI=1S/C14H22ClNO2/c1-9(12(7-16)8-17)4-11-6-13(15)10(2)5-14(11)18-3/h5-6,9,12,17H,4,7-8,16H2,1-3H3. The number of halogens is 1. The Morgan fingerprint density at radius 3 is 2.61 bits per heavy atom. The lowest BCUT2D eigenvalue weighted by Gasteiger charge is -2.21. The summed E-state index contributed by atoms with van der Waals surface area (Å²) < 4.78 is 5.38. The minimum atomic E-state index is 0.106. The van der Waals surface area contributed by atoms with Gasteiger partial charge in [-0.3, -0.25) is 0 Å². The van der Waals surface area contributed by atoms with Crippen molar-refractivity contribution in [3.63, 3.8) is 0 Å². The minimum Gasteiger partial charge on any atom is -0.496 e. The number of ether oxygens (including phenoxy) is 1. The Balaban J connectivity index is 2.92. The minimum absolute atomic E-state index is 0.106. The van der Waals surface area contributed by atoms with Crippen LogP contribution in [0.4, 0.5) is 0 Å². The van der Waals surface area contributed by atoms with Crippen LogP contribution in [0.3, 0.4) is 0 Å². The number of methoxy groups -OCH3 is 1. The molecule has 2 unspecified atom stereocenters. The second kappa shape index (κ2) is 6.98. The van der Waals surface area contributed by atoms with Crippen LogP contribution < -0.4 is 10.5 Å². The smallest absolute Gasteiger partial charge is 0.122 e. The molecule has 0 saturated heterocycles. The molecule has 1 rings (SSSR count). The van der Waals surface area contributed by atoms with Gasteiger partial charge in [0.1, 0.15) is 5.75 Å². The first-order chi connectivity index (χ1) is 8.53. The molecular weight excluding hydrogens is 250 g/mol. The van der Waals surface area contributed by atoms with Crippen LogP contribution in [0.5, 0.6) is 5.75 Å². The Morgan fingerprint density at radius 2 is 2.11 bits per heavy atom. The van der Waals surface area contributed by atoms with E-state index < -0.39 is 0 Å². The van der Waals surface area contributed by atoms with Gasteiger partial charge in [0, 0.05) is 11.6 Å². The summed E-state index contributed by atoms with van der Waals surface area (Å²) in [5, 5.41) is 10.0. The molecule has 4 heteroatoms. The summed E-state index contributed by atoms with van der Waals surface area (Å²) in [6, 6.07) is 3.89. The third-order valence-corrected chi connectivity index (χ3v) is 3.85. The van der Waals surface area contributed by atoms with E-state index in [-0.39, 0.29) is 18.4 Å². The van der Waals surface area contributed by atoms with Crippen LogP contribution in [0.2, 0.25) is 5.02 Å². The fourth-order valence-corrected chi connectivity index (χ4v) is 2.23. The van der Waals surface area contributed by atoms with Crippen molar-refractivity contribution in [3.8, 4) is 5.75 Å². The van der Waals surface area contributed by atoms with Gasteiger partial charge in [-0.25, -0.2) is 0 Å². The fraction of sp³-hybridized carbons (Fsp3) is 0.571. The van der Waals surface area contributed by atoms with Crippen molar-refractivity contribution < 1.29 is 9.84 Å². The number of rotatable bonds is 6. The first kappa shape index (κ1) is 15.3. The van der Waals surface area contributed by atoms with Gasteiger partial charge in [-0.15, -0.1) is 0 Å². The Kier molecular flexibility index (Phi) is 5.93. The predicted molar refractivity (Wildman–Crippen MR) is 75.2 cm³/mol. The van der Waals surface area contributed by atoms with E-state index in [1.54, 1.807) is 7.11 Å². The maximum Gasteiger partial charge on any atom is 0.122 e. The lowest BCUT2D eigenvalue weighted by atomic mass is 9.88. The number of aliphatic hydroxyl groups excluding tert-OH is 1. The van der Waals surface area contributed by atoms with Crippen molar-refractivity contribution in [1.29, 1.82) is 0 Å². The highest BCUT2D eigenvalue weighted by molar-refractivity contribution is 6.31. The Hall–Kier alpha value is -0.770. The van der Waals surface area contributed by atoms with Crippen molar-refractivity contribution in [1.82, 2.24) is 0 Å². The predicted octanol–water partition coefficient (Wildman–Crippen LogP) is 2.40. The molecule has 0 fully saturated rings. The molecule has 18 heavy (non-hydrogen) atoms. The summed E-state index contributed by atoms with van der Waals surface area (Å²) in [7, 11) is 1.66. The summed E-state index contributed by atoms with van der Waals surface area (Å²) in [4.78, 5) is 0. The number of hydrogen-bond acceptors (Lipinski definition) is 3. The van der Waals surface area contributed by atoms with Gasteiger partial charge in [0.2, 0.25) is 0 Å². The van der Waals surface area contributed by atoms with E-state index >= 15 is 0 Å². The van der Waals surface area contributed by atoms with E-state index in [1.165, 1.54) is 0 Å². The van der Waals surface area contributed by atoms with Gasteiger partial charge in [0.05, 0.1) is 7.11 Å². The van der Waals surface area contributed by atoms with Crippen LogP contribution >= 0.6 is 11.6 Å². The number of aliphatic hydroxyl groups is 1. The second-order valence-corrected chi connectivity index (χ2v) is 5.18. The quantitative estimate of drug-likeness (QED) is 0.835. The Bertz CT molecular complexity index is 392. The van der Waals surface area contributed by atoms with E-state index in [9.17, 15) is 5.11 Å². The van der Waals surface area contributed by atoms with Crippen LogP contribution in [0.1, 0.15) is 18.1 Å². The van der Waals surface area contributed by atoms with E-state index in [0.717, 1.165) is 28.3 Å². The van der Waals surface area contributed by atoms with E-state index in [1.807, 2.05) is 19.1 Å². The molecular formula is C14H22ClNO2. The molecule has 102 valence electrons. The molecule has 0 radical (unpaired) electrons. The van der Waals surface area contributed by atoms with Crippen molar-refractivity contribution >= 4 is 11.6 Å². The first-order valence-corrected chi connectivity index (χ1v) is 6.55. The van der Waals surface area contributed by atoms with Crippen molar-refractivity contribution in [2.45, 2.75) is 20.3 Å². The van der Waals surface area contributed by atoms with Crippen LogP contribution in [-0.2, 0) is 6.42 Å². The number of benzene rings is 1. The topological polar surface area (TPSA) is 55.5 Å². The largest absolute Gasteiger partial charge is 0.496 e. The highest BCUT2D eigenvalue weighted by atomic mass is 35.5. The second-order valence-electron chi connectivity index (χ2n) is 4.77. The molecule has 1 aromatic rings. The number of nitrogens with two attached hydrogens (primary N) is 1. The Morgan fingerprint density at radius 1 is 1.44 bits per heavy atom. The summed E-state index contributed by atoms with van der Waals surface area (Å²) in [5.74, 6) is 1.24. The molecule has 1 aromatic carbocycles. The molecule has 0 spiro atoms. The van der Waals surface area contributed by atoms with Gasteiger partial charge >= 0.3 is 0 Å². The van der Waals surface area contributed by atoms with Crippen molar-refractivity contribution in [2.75, 3.05) is 20.3 Å². The molecule has 0 aliphatic rings. The summed E-state index contributed by atoms with van der Waals surface area (Å²) in [6.45, 7) is 4.63.